The molecule has 1 aliphatic carbocycles. The summed E-state index contributed by atoms with van der Waals surface area (Å²) < 4.78 is 1.09. The number of Topliss-reactive ketones (excluding diaryl/α,β-unsaturated/α-hetero) is 1. The molecule has 1 unspecified atom stereocenters. The van der Waals surface area contributed by atoms with E-state index in [9.17, 15) is 4.79 Å². The Balaban J connectivity index is 1.14. The molecule has 5 nitrogen and oxygen atoms in total. The normalized spacial score (nSPS) is 13.8. The minimum absolute atomic E-state index is 0.182. The second kappa shape index (κ2) is 12.8. The van der Waals surface area contributed by atoms with Crippen LogP contribution in [-0.2, 0) is 24.2 Å². The fourth-order valence-corrected chi connectivity index (χ4v) is 6.18. The van der Waals surface area contributed by atoms with Crippen molar-refractivity contribution in [2.75, 3.05) is 18.4 Å². The van der Waals surface area contributed by atoms with Crippen LogP contribution < -0.4 is 5.32 Å². The number of benzene rings is 4. The first kappa shape index (κ1) is 28.0. The highest BCUT2D eigenvalue weighted by Gasteiger charge is 2.27. The Morgan fingerprint density at radius 2 is 1.71 bits per heavy atom. The molecule has 1 heterocycles. The van der Waals surface area contributed by atoms with Crippen molar-refractivity contribution in [1.82, 2.24) is 14.9 Å². The van der Waals surface area contributed by atoms with E-state index in [-0.39, 0.29) is 11.7 Å². The van der Waals surface area contributed by atoms with Crippen LogP contribution in [0.15, 0.2) is 114 Å². The monoisotopic (exact) mass is 616 g/mol. The van der Waals surface area contributed by atoms with Gasteiger partial charge in [0.15, 0.2) is 0 Å². The Morgan fingerprint density at radius 3 is 2.50 bits per heavy atom. The third kappa shape index (κ3) is 6.67. The molecule has 0 saturated heterocycles. The molecule has 42 heavy (non-hydrogen) atoms. The van der Waals surface area contributed by atoms with Crippen molar-refractivity contribution in [2.45, 2.75) is 32.2 Å². The van der Waals surface area contributed by atoms with E-state index in [0.717, 1.165) is 52.9 Å². The summed E-state index contributed by atoms with van der Waals surface area (Å²) in [7, 11) is 0. The topological polar surface area (TPSA) is 58.1 Å². The van der Waals surface area contributed by atoms with E-state index in [1.54, 1.807) is 6.92 Å². The molecule has 0 fully saturated rings. The Morgan fingerprint density at radius 1 is 0.929 bits per heavy atom. The number of carbonyl (C=O) groups excluding carboxylic acids is 1. The maximum absolute atomic E-state index is 11.9. The molecule has 0 aliphatic heterocycles. The standard InChI is InChI=1S/C36H33BrN4O/c1-25(42)23-41(24-27-8-3-2-4-9-27)19-18-26-14-16-31(17-15-26)39-36-38-22-29-21-34(28-10-7-11-30(37)20-28)32-12-5-6-13-33(32)35(29)40-36/h2-17,20,22,34H,18-19,21,23-24H2,1H3,(H,38,39,40). The number of hydrogen-bond donors (Lipinski definition) is 1. The van der Waals surface area contributed by atoms with Crippen molar-refractivity contribution in [3.05, 3.63) is 142 Å². The zero-order valence-corrected chi connectivity index (χ0v) is 25.2. The van der Waals surface area contributed by atoms with E-state index in [0.29, 0.717) is 12.5 Å². The van der Waals surface area contributed by atoms with Crippen LogP contribution in [0.4, 0.5) is 11.6 Å². The van der Waals surface area contributed by atoms with Crippen LogP contribution in [0.2, 0.25) is 0 Å². The molecule has 1 N–H and O–H groups in total. The molecular weight excluding hydrogens is 584 g/mol. The van der Waals surface area contributed by atoms with Crippen molar-refractivity contribution in [3.8, 4) is 11.3 Å². The molecule has 0 spiro atoms. The number of nitrogens with one attached hydrogen (secondary N) is 1. The fourth-order valence-electron chi connectivity index (χ4n) is 5.76. The zero-order chi connectivity index (χ0) is 28.9. The van der Waals surface area contributed by atoms with E-state index >= 15 is 0 Å². The molecule has 1 atom stereocenters. The van der Waals surface area contributed by atoms with Gasteiger partial charge in [-0.05, 0) is 71.8 Å². The molecule has 6 heteroatoms. The second-order valence-corrected chi connectivity index (χ2v) is 11.9. The van der Waals surface area contributed by atoms with Crippen molar-refractivity contribution in [3.63, 3.8) is 0 Å². The molecule has 0 saturated carbocycles. The Kier molecular flexibility index (Phi) is 8.54. The number of nitrogens with zero attached hydrogens (tertiary/aromatic N) is 3. The van der Waals surface area contributed by atoms with Gasteiger partial charge in [-0.15, -0.1) is 0 Å². The summed E-state index contributed by atoms with van der Waals surface area (Å²) in [6.45, 7) is 3.69. The van der Waals surface area contributed by atoms with Gasteiger partial charge >= 0.3 is 0 Å². The van der Waals surface area contributed by atoms with Crippen LogP contribution in [-0.4, -0.2) is 33.7 Å². The van der Waals surface area contributed by atoms with Crippen molar-refractivity contribution in [1.29, 1.82) is 0 Å². The summed E-state index contributed by atoms with van der Waals surface area (Å²) in [4.78, 5) is 23.7. The Hall–Kier alpha value is -4.13. The van der Waals surface area contributed by atoms with Crippen LogP contribution in [0.3, 0.4) is 0 Å². The molecular formula is C36H33BrN4O. The average Bonchev–Trinajstić information content (AvgIpc) is 3.00. The number of rotatable bonds is 10. The average molecular weight is 618 g/mol. The summed E-state index contributed by atoms with van der Waals surface area (Å²) in [6, 6.07) is 35.9. The number of halogens is 1. The first-order chi connectivity index (χ1) is 20.5. The number of fused-ring (bicyclic) bond motifs is 3. The van der Waals surface area contributed by atoms with Gasteiger partial charge in [0.1, 0.15) is 5.78 Å². The van der Waals surface area contributed by atoms with Crippen LogP contribution >= 0.6 is 15.9 Å². The fraction of sp³-hybridized carbons (Fsp3) is 0.194. The van der Waals surface area contributed by atoms with Gasteiger partial charge in [0.2, 0.25) is 5.95 Å². The summed E-state index contributed by atoms with van der Waals surface area (Å²) in [5, 5.41) is 3.40. The van der Waals surface area contributed by atoms with E-state index < -0.39 is 0 Å². The maximum atomic E-state index is 11.9. The number of carbonyl (C=O) groups is 1. The first-order valence-electron chi connectivity index (χ1n) is 14.3. The molecule has 4 aromatic carbocycles. The van der Waals surface area contributed by atoms with Gasteiger partial charge < -0.3 is 5.32 Å². The predicted molar refractivity (Wildman–Crippen MR) is 173 cm³/mol. The zero-order valence-electron chi connectivity index (χ0n) is 23.6. The van der Waals surface area contributed by atoms with Gasteiger partial charge in [-0.1, -0.05) is 94.8 Å². The summed E-state index contributed by atoms with van der Waals surface area (Å²) in [5.74, 6) is 1.04. The second-order valence-electron chi connectivity index (χ2n) is 10.9. The molecule has 5 aromatic rings. The summed E-state index contributed by atoms with van der Waals surface area (Å²) in [5.41, 5.74) is 9.28. The summed E-state index contributed by atoms with van der Waals surface area (Å²) >= 11 is 3.63. The lowest BCUT2D eigenvalue weighted by atomic mass is 9.78. The highest BCUT2D eigenvalue weighted by atomic mass is 79.9. The van der Waals surface area contributed by atoms with Gasteiger partial charge in [0, 0.05) is 40.9 Å². The third-order valence-corrected chi connectivity index (χ3v) is 8.25. The number of ketones is 1. The minimum Gasteiger partial charge on any atom is -0.324 e. The van der Waals surface area contributed by atoms with Gasteiger partial charge in [0.05, 0.1) is 12.2 Å². The summed E-state index contributed by atoms with van der Waals surface area (Å²) in [6.07, 6.45) is 3.70. The minimum atomic E-state index is 0.182. The molecule has 0 bridgehead atoms. The maximum Gasteiger partial charge on any atom is 0.227 e. The molecule has 0 amide bonds. The van der Waals surface area contributed by atoms with Gasteiger partial charge in [0.25, 0.3) is 0 Å². The lowest BCUT2D eigenvalue weighted by Crippen LogP contribution is -2.30. The lowest BCUT2D eigenvalue weighted by molar-refractivity contribution is -0.118. The lowest BCUT2D eigenvalue weighted by Gasteiger charge is -2.27. The van der Waals surface area contributed by atoms with Crippen molar-refractivity contribution >= 4 is 33.3 Å². The third-order valence-electron chi connectivity index (χ3n) is 7.75. The molecule has 0 radical (unpaired) electrons. The van der Waals surface area contributed by atoms with E-state index in [1.807, 2.05) is 24.4 Å². The molecule has 1 aliphatic rings. The smallest absolute Gasteiger partial charge is 0.227 e. The first-order valence-corrected chi connectivity index (χ1v) is 15.1. The van der Waals surface area contributed by atoms with Gasteiger partial charge in [-0.2, -0.15) is 0 Å². The quantitative estimate of drug-likeness (QED) is 0.172. The van der Waals surface area contributed by atoms with Crippen LogP contribution in [0, 0.1) is 0 Å². The number of aromatic nitrogens is 2. The predicted octanol–water partition coefficient (Wildman–Crippen LogP) is 7.97. The Labute approximate surface area is 255 Å². The highest BCUT2D eigenvalue weighted by Crippen LogP contribution is 2.42. The van der Waals surface area contributed by atoms with Gasteiger partial charge in [-0.3, -0.25) is 9.69 Å². The van der Waals surface area contributed by atoms with Crippen molar-refractivity contribution in [2.24, 2.45) is 0 Å². The van der Waals surface area contributed by atoms with Crippen LogP contribution in [0.5, 0.6) is 0 Å². The Bertz CT molecular complexity index is 1690. The molecule has 1 aromatic heterocycles. The highest BCUT2D eigenvalue weighted by molar-refractivity contribution is 9.10. The molecule has 210 valence electrons. The molecule has 6 rings (SSSR count). The van der Waals surface area contributed by atoms with E-state index in [2.05, 4.69) is 116 Å². The van der Waals surface area contributed by atoms with Gasteiger partial charge in [-0.25, -0.2) is 9.97 Å². The van der Waals surface area contributed by atoms with E-state index in [4.69, 9.17) is 4.98 Å². The van der Waals surface area contributed by atoms with Crippen LogP contribution in [0.1, 0.15) is 40.7 Å². The van der Waals surface area contributed by atoms with Crippen molar-refractivity contribution < 1.29 is 4.79 Å². The van der Waals surface area contributed by atoms with Crippen LogP contribution in [0.25, 0.3) is 11.3 Å². The van der Waals surface area contributed by atoms with E-state index in [1.165, 1.54) is 22.3 Å². The number of hydrogen-bond acceptors (Lipinski definition) is 5. The number of anilines is 2. The SMILES string of the molecule is CC(=O)CN(CCc1ccc(Nc2ncc3c(n2)-c2ccccc2C(c2cccc(Br)c2)C3)cc1)Cc1ccccc1. The largest absolute Gasteiger partial charge is 0.324 e.